The molecule has 0 fully saturated rings. The summed E-state index contributed by atoms with van der Waals surface area (Å²) in [6, 6.07) is 1.51. The molecule has 0 bridgehead atoms. The van der Waals surface area contributed by atoms with Gasteiger partial charge < -0.3 is 10.5 Å². The SMILES string of the molecule is CCOC(=O)c1nc(Cl)cc(Br)c1N. The maximum Gasteiger partial charge on any atom is 0.359 e. The predicted molar refractivity (Wildman–Crippen MR) is 57.3 cm³/mol. The van der Waals surface area contributed by atoms with Crippen molar-refractivity contribution < 1.29 is 9.53 Å². The summed E-state index contributed by atoms with van der Waals surface area (Å²) < 4.78 is 5.29. The minimum atomic E-state index is -0.576. The van der Waals surface area contributed by atoms with Crippen LogP contribution in [0.3, 0.4) is 0 Å². The third-order valence-electron chi connectivity index (χ3n) is 1.45. The van der Waals surface area contributed by atoms with E-state index in [-0.39, 0.29) is 23.1 Å². The van der Waals surface area contributed by atoms with E-state index in [1.807, 2.05) is 0 Å². The Bertz CT molecular complexity index is 371. The van der Waals surface area contributed by atoms with Crippen LogP contribution in [0, 0.1) is 0 Å². The number of nitrogens with two attached hydrogens (primary N) is 1. The zero-order chi connectivity index (χ0) is 10.7. The summed E-state index contributed by atoms with van der Waals surface area (Å²) in [6.45, 7) is 1.97. The van der Waals surface area contributed by atoms with E-state index >= 15 is 0 Å². The van der Waals surface area contributed by atoms with Crippen LogP contribution in [0.25, 0.3) is 0 Å². The second-order valence-corrected chi connectivity index (χ2v) is 3.65. The van der Waals surface area contributed by atoms with E-state index < -0.39 is 5.97 Å². The predicted octanol–water partition coefficient (Wildman–Crippen LogP) is 2.26. The Hall–Kier alpha value is -0.810. The van der Waals surface area contributed by atoms with Gasteiger partial charge in [-0.2, -0.15) is 0 Å². The van der Waals surface area contributed by atoms with Gasteiger partial charge in [0.2, 0.25) is 0 Å². The molecule has 0 spiro atoms. The summed E-state index contributed by atoms with van der Waals surface area (Å²) in [5.74, 6) is -0.576. The first kappa shape index (κ1) is 11.3. The molecule has 14 heavy (non-hydrogen) atoms. The van der Waals surface area contributed by atoms with Gasteiger partial charge in [-0.25, -0.2) is 9.78 Å². The topological polar surface area (TPSA) is 65.2 Å². The van der Waals surface area contributed by atoms with Crippen LogP contribution in [0.1, 0.15) is 17.4 Å². The Kier molecular flexibility index (Phi) is 3.71. The van der Waals surface area contributed by atoms with E-state index in [0.29, 0.717) is 4.47 Å². The van der Waals surface area contributed by atoms with E-state index in [0.717, 1.165) is 0 Å². The number of aromatic nitrogens is 1. The number of carbonyl (C=O) groups is 1. The molecule has 76 valence electrons. The highest BCUT2D eigenvalue weighted by Gasteiger charge is 2.15. The van der Waals surface area contributed by atoms with Crippen molar-refractivity contribution in [3.05, 3.63) is 21.4 Å². The van der Waals surface area contributed by atoms with Gasteiger partial charge >= 0.3 is 5.97 Å². The normalized spacial score (nSPS) is 9.93. The standard InChI is InChI=1S/C8H8BrClN2O2/c1-2-14-8(13)7-6(11)4(9)3-5(10)12-7/h3H,2,11H2,1H3. The largest absolute Gasteiger partial charge is 0.461 e. The van der Waals surface area contributed by atoms with E-state index in [2.05, 4.69) is 20.9 Å². The van der Waals surface area contributed by atoms with Crippen molar-refractivity contribution in [2.24, 2.45) is 0 Å². The smallest absolute Gasteiger partial charge is 0.359 e. The van der Waals surface area contributed by atoms with Crippen LogP contribution >= 0.6 is 27.5 Å². The van der Waals surface area contributed by atoms with Crippen LogP contribution in [-0.4, -0.2) is 17.6 Å². The fraction of sp³-hybridized carbons (Fsp3) is 0.250. The van der Waals surface area contributed by atoms with Crippen molar-refractivity contribution in [3.8, 4) is 0 Å². The van der Waals surface area contributed by atoms with Crippen LogP contribution in [0.5, 0.6) is 0 Å². The van der Waals surface area contributed by atoms with Crippen LogP contribution < -0.4 is 5.73 Å². The molecule has 2 N–H and O–H groups in total. The Morgan fingerprint density at radius 1 is 1.79 bits per heavy atom. The van der Waals surface area contributed by atoms with E-state index in [1.165, 1.54) is 6.07 Å². The lowest BCUT2D eigenvalue weighted by atomic mass is 10.3. The number of anilines is 1. The monoisotopic (exact) mass is 278 g/mol. The van der Waals surface area contributed by atoms with Gasteiger partial charge in [0.15, 0.2) is 5.69 Å². The Morgan fingerprint density at radius 3 is 3.00 bits per heavy atom. The first-order valence-corrected chi connectivity index (χ1v) is 5.02. The van der Waals surface area contributed by atoms with Crippen molar-refractivity contribution in [1.29, 1.82) is 0 Å². The molecular weight excluding hydrogens is 271 g/mol. The van der Waals surface area contributed by atoms with E-state index in [4.69, 9.17) is 22.1 Å². The fourth-order valence-corrected chi connectivity index (χ4v) is 1.58. The Labute approximate surface area is 94.5 Å². The molecule has 1 rings (SSSR count). The molecule has 1 aromatic rings. The van der Waals surface area contributed by atoms with Crippen LogP contribution in [0.4, 0.5) is 5.69 Å². The Balaban J connectivity index is 3.13. The number of nitrogens with zero attached hydrogens (tertiary/aromatic N) is 1. The van der Waals surface area contributed by atoms with E-state index in [9.17, 15) is 4.79 Å². The number of pyridine rings is 1. The molecule has 0 saturated heterocycles. The average molecular weight is 280 g/mol. The third kappa shape index (κ3) is 2.36. The molecule has 1 aromatic heterocycles. The second-order valence-electron chi connectivity index (χ2n) is 2.41. The summed E-state index contributed by atoms with van der Waals surface area (Å²) in [6.07, 6.45) is 0. The number of ether oxygens (including phenoxy) is 1. The number of esters is 1. The highest BCUT2D eigenvalue weighted by molar-refractivity contribution is 9.10. The van der Waals surface area contributed by atoms with Crippen LogP contribution in [0.15, 0.2) is 10.5 Å². The van der Waals surface area contributed by atoms with Gasteiger partial charge in [-0.3, -0.25) is 0 Å². The zero-order valence-electron chi connectivity index (χ0n) is 7.38. The van der Waals surface area contributed by atoms with Crippen molar-refractivity contribution in [2.45, 2.75) is 6.92 Å². The lowest BCUT2D eigenvalue weighted by Crippen LogP contribution is -2.11. The molecule has 4 nitrogen and oxygen atoms in total. The summed E-state index contributed by atoms with van der Waals surface area (Å²) in [7, 11) is 0. The minimum Gasteiger partial charge on any atom is -0.461 e. The maximum atomic E-state index is 11.3. The van der Waals surface area contributed by atoms with Crippen molar-refractivity contribution in [1.82, 2.24) is 4.98 Å². The van der Waals surface area contributed by atoms with Crippen molar-refractivity contribution >= 4 is 39.2 Å². The van der Waals surface area contributed by atoms with Gasteiger partial charge in [0.05, 0.1) is 12.3 Å². The number of rotatable bonds is 2. The molecule has 0 aliphatic rings. The summed E-state index contributed by atoms with van der Waals surface area (Å²) >= 11 is 8.82. The lowest BCUT2D eigenvalue weighted by Gasteiger charge is -2.06. The molecule has 6 heteroatoms. The highest BCUT2D eigenvalue weighted by atomic mass is 79.9. The molecule has 1 heterocycles. The highest BCUT2D eigenvalue weighted by Crippen LogP contribution is 2.25. The number of halogens is 2. The number of hydrogen-bond donors (Lipinski definition) is 1. The van der Waals surface area contributed by atoms with Gasteiger partial charge in [-0.15, -0.1) is 0 Å². The third-order valence-corrected chi connectivity index (χ3v) is 2.30. The zero-order valence-corrected chi connectivity index (χ0v) is 9.72. The Morgan fingerprint density at radius 2 is 2.43 bits per heavy atom. The van der Waals surface area contributed by atoms with Crippen LogP contribution in [-0.2, 0) is 4.74 Å². The summed E-state index contributed by atoms with van der Waals surface area (Å²) in [4.78, 5) is 15.1. The van der Waals surface area contributed by atoms with Gasteiger partial charge in [0.25, 0.3) is 0 Å². The summed E-state index contributed by atoms with van der Waals surface area (Å²) in [5.41, 5.74) is 5.88. The fourth-order valence-electron chi connectivity index (χ4n) is 0.850. The molecule has 0 amide bonds. The minimum absolute atomic E-state index is 0.0335. The first-order valence-electron chi connectivity index (χ1n) is 3.85. The number of carbonyl (C=O) groups excluding carboxylic acids is 1. The lowest BCUT2D eigenvalue weighted by molar-refractivity contribution is 0.0521. The molecular formula is C8H8BrClN2O2. The molecule has 0 radical (unpaired) electrons. The average Bonchev–Trinajstić information content (AvgIpc) is 2.11. The van der Waals surface area contributed by atoms with Gasteiger partial charge in [-0.05, 0) is 28.9 Å². The number of nitrogen functional groups attached to an aromatic ring is 1. The second kappa shape index (κ2) is 4.61. The number of hydrogen-bond acceptors (Lipinski definition) is 4. The molecule has 0 aliphatic carbocycles. The van der Waals surface area contributed by atoms with Gasteiger partial charge in [0.1, 0.15) is 5.15 Å². The first-order chi connectivity index (χ1) is 6.56. The van der Waals surface area contributed by atoms with Gasteiger partial charge in [0, 0.05) is 4.47 Å². The summed E-state index contributed by atoms with van der Waals surface area (Å²) in [5, 5.41) is 0.189. The van der Waals surface area contributed by atoms with Crippen molar-refractivity contribution in [3.63, 3.8) is 0 Å². The molecule has 0 atom stereocenters. The molecule has 0 aliphatic heterocycles. The van der Waals surface area contributed by atoms with Crippen LogP contribution in [0.2, 0.25) is 5.15 Å². The maximum absolute atomic E-state index is 11.3. The van der Waals surface area contributed by atoms with Crippen molar-refractivity contribution in [2.75, 3.05) is 12.3 Å². The quantitative estimate of drug-likeness (QED) is 0.666. The molecule has 0 unspecified atom stereocenters. The molecule has 0 aromatic carbocycles. The molecule has 0 saturated carbocycles. The van der Waals surface area contributed by atoms with Gasteiger partial charge in [-0.1, -0.05) is 11.6 Å². The van der Waals surface area contributed by atoms with E-state index in [1.54, 1.807) is 6.92 Å².